The molecule has 172 valence electrons. The fraction of sp³-hybridized carbons (Fsp3) is 0.652. The van der Waals surface area contributed by atoms with E-state index >= 15 is 0 Å². The molecule has 0 bridgehead atoms. The van der Waals surface area contributed by atoms with E-state index in [4.69, 9.17) is 9.73 Å². The van der Waals surface area contributed by atoms with Gasteiger partial charge in [0.05, 0.1) is 19.8 Å². The summed E-state index contributed by atoms with van der Waals surface area (Å²) >= 11 is 0. The fourth-order valence-electron chi connectivity index (χ4n) is 4.59. The van der Waals surface area contributed by atoms with Gasteiger partial charge in [0.1, 0.15) is 5.82 Å². The van der Waals surface area contributed by atoms with Crippen LogP contribution in [-0.2, 0) is 14.9 Å². The molecule has 1 saturated carbocycles. The number of hydrogen-bond donors (Lipinski definition) is 1. The molecule has 2 heterocycles. The zero-order chi connectivity index (χ0) is 21.0. The van der Waals surface area contributed by atoms with Gasteiger partial charge in [-0.25, -0.2) is 4.39 Å². The van der Waals surface area contributed by atoms with Gasteiger partial charge in [0.15, 0.2) is 5.96 Å². The fourth-order valence-corrected chi connectivity index (χ4v) is 4.59. The lowest BCUT2D eigenvalue weighted by Crippen LogP contribution is -2.50. The predicted octanol–water partition coefficient (Wildman–Crippen LogP) is 3.01. The minimum atomic E-state index is -0.156. The van der Waals surface area contributed by atoms with E-state index in [0.29, 0.717) is 32.8 Å². The van der Waals surface area contributed by atoms with Gasteiger partial charge in [0, 0.05) is 44.1 Å². The van der Waals surface area contributed by atoms with E-state index in [9.17, 15) is 9.18 Å². The third-order valence-electron chi connectivity index (χ3n) is 6.63. The normalized spacial score (nSPS) is 21.4. The number of morpholine rings is 1. The molecule has 0 spiro atoms. The highest BCUT2D eigenvalue weighted by atomic mass is 127. The Morgan fingerprint density at radius 2 is 1.84 bits per heavy atom. The predicted molar refractivity (Wildman–Crippen MR) is 130 cm³/mol. The minimum Gasteiger partial charge on any atom is -0.378 e. The second-order valence-electron chi connectivity index (χ2n) is 8.63. The summed E-state index contributed by atoms with van der Waals surface area (Å²) in [5.74, 6) is 1.13. The van der Waals surface area contributed by atoms with Gasteiger partial charge < -0.3 is 19.9 Å². The first-order valence-electron chi connectivity index (χ1n) is 11.3. The highest BCUT2D eigenvalue weighted by Crippen LogP contribution is 2.49. The molecule has 2 saturated heterocycles. The maximum atomic E-state index is 14.3. The lowest BCUT2D eigenvalue weighted by molar-refractivity contribution is -0.140. The second kappa shape index (κ2) is 10.9. The molecule has 0 atom stereocenters. The van der Waals surface area contributed by atoms with Crippen LogP contribution in [0.4, 0.5) is 4.39 Å². The standard InChI is InChI=1S/C23H33FN4O2.HI/c1-2-25-22(26-17-23(9-10-23)19-5-3-4-6-20(19)24)28-11-7-18(8-12-28)21(29)27-13-15-30-16-14-27;/h3-6,18H,2,7-17H2,1H3,(H,25,26);1H. The molecule has 4 rings (SSSR count). The summed E-state index contributed by atoms with van der Waals surface area (Å²) < 4.78 is 19.7. The Kier molecular flexibility index (Phi) is 8.55. The SMILES string of the molecule is CCNC(=NCC1(c2ccccc2F)CC1)N1CCC(C(=O)N2CCOCC2)CC1.I. The molecule has 1 aromatic carbocycles. The highest BCUT2D eigenvalue weighted by Gasteiger charge is 2.46. The molecule has 0 radical (unpaired) electrons. The average molecular weight is 544 g/mol. The van der Waals surface area contributed by atoms with E-state index in [1.165, 1.54) is 0 Å². The molecule has 2 aliphatic heterocycles. The Balaban J connectivity index is 0.00000272. The Morgan fingerprint density at radius 1 is 1.16 bits per heavy atom. The van der Waals surface area contributed by atoms with Crippen molar-refractivity contribution in [3.63, 3.8) is 0 Å². The van der Waals surface area contributed by atoms with Crippen LogP contribution < -0.4 is 5.32 Å². The van der Waals surface area contributed by atoms with Crippen molar-refractivity contribution in [3.8, 4) is 0 Å². The van der Waals surface area contributed by atoms with Crippen LogP contribution in [0.1, 0.15) is 38.2 Å². The van der Waals surface area contributed by atoms with Crippen LogP contribution in [-0.4, -0.2) is 74.1 Å². The lowest BCUT2D eigenvalue weighted by atomic mass is 9.95. The van der Waals surface area contributed by atoms with Crippen LogP contribution in [0.25, 0.3) is 0 Å². The maximum absolute atomic E-state index is 14.3. The van der Waals surface area contributed by atoms with Crippen LogP contribution in [0.3, 0.4) is 0 Å². The number of hydrogen-bond acceptors (Lipinski definition) is 3. The van der Waals surface area contributed by atoms with Gasteiger partial charge in [-0.1, -0.05) is 18.2 Å². The molecule has 6 nitrogen and oxygen atoms in total. The number of piperidine rings is 1. The third-order valence-corrected chi connectivity index (χ3v) is 6.63. The zero-order valence-corrected chi connectivity index (χ0v) is 20.6. The van der Waals surface area contributed by atoms with Crippen molar-refractivity contribution in [3.05, 3.63) is 35.6 Å². The number of ether oxygens (including phenoxy) is 1. The molecule has 3 aliphatic rings. The molecule has 1 N–H and O–H groups in total. The first-order chi connectivity index (χ1) is 14.6. The molecule has 0 aromatic heterocycles. The Hall–Kier alpha value is -1.42. The van der Waals surface area contributed by atoms with Crippen LogP contribution >= 0.6 is 24.0 Å². The number of likely N-dealkylation sites (tertiary alicyclic amines) is 1. The quantitative estimate of drug-likeness (QED) is 0.352. The first kappa shape index (κ1) is 24.2. The van der Waals surface area contributed by atoms with Gasteiger partial charge >= 0.3 is 0 Å². The number of carbonyl (C=O) groups excluding carboxylic acids is 1. The number of nitrogens with zero attached hydrogens (tertiary/aromatic N) is 3. The van der Waals surface area contributed by atoms with E-state index < -0.39 is 0 Å². The van der Waals surface area contributed by atoms with Crippen molar-refractivity contribution >= 4 is 35.8 Å². The summed E-state index contributed by atoms with van der Waals surface area (Å²) in [5, 5.41) is 3.40. The number of nitrogens with one attached hydrogen (secondary N) is 1. The Labute approximate surface area is 201 Å². The number of benzene rings is 1. The topological polar surface area (TPSA) is 57.2 Å². The third kappa shape index (κ3) is 5.69. The Morgan fingerprint density at radius 3 is 2.45 bits per heavy atom. The van der Waals surface area contributed by atoms with E-state index in [1.807, 2.05) is 17.0 Å². The molecule has 1 aliphatic carbocycles. The first-order valence-corrected chi connectivity index (χ1v) is 11.3. The van der Waals surface area contributed by atoms with E-state index in [0.717, 1.165) is 56.8 Å². The molecule has 1 amide bonds. The molecule has 0 unspecified atom stereocenters. The van der Waals surface area contributed by atoms with Crippen LogP contribution in [0, 0.1) is 11.7 Å². The number of aliphatic imine (C=N–C) groups is 1. The molecule has 1 aromatic rings. The van der Waals surface area contributed by atoms with Gasteiger partial charge in [-0.3, -0.25) is 9.79 Å². The molecular weight excluding hydrogens is 510 g/mol. The zero-order valence-electron chi connectivity index (χ0n) is 18.3. The van der Waals surface area contributed by atoms with Crippen molar-refractivity contribution in [1.29, 1.82) is 0 Å². The average Bonchev–Trinajstić information content (AvgIpc) is 3.58. The van der Waals surface area contributed by atoms with Gasteiger partial charge in [-0.05, 0) is 44.2 Å². The van der Waals surface area contributed by atoms with E-state index in [1.54, 1.807) is 12.1 Å². The monoisotopic (exact) mass is 544 g/mol. The molecule has 31 heavy (non-hydrogen) atoms. The van der Waals surface area contributed by atoms with Crippen molar-refractivity contribution in [2.24, 2.45) is 10.9 Å². The van der Waals surface area contributed by atoms with Crippen molar-refractivity contribution in [2.45, 2.75) is 38.0 Å². The van der Waals surface area contributed by atoms with Crippen LogP contribution in [0.5, 0.6) is 0 Å². The number of carbonyl (C=O) groups is 1. The number of guanidine groups is 1. The number of halogens is 2. The van der Waals surface area contributed by atoms with Gasteiger partial charge in [0.25, 0.3) is 0 Å². The molecule has 3 fully saturated rings. The summed E-state index contributed by atoms with van der Waals surface area (Å²) in [7, 11) is 0. The Bertz CT molecular complexity index is 773. The largest absolute Gasteiger partial charge is 0.378 e. The molecular formula is C23H34FIN4O2. The van der Waals surface area contributed by atoms with Crippen LogP contribution in [0.2, 0.25) is 0 Å². The number of rotatable bonds is 5. The summed E-state index contributed by atoms with van der Waals surface area (Å²) in [5.41, 5.74) is 0.635. The summed E-state index contributed by atoms with van der Waals surface area (Å²) in [4.78, 5) is 21.9. The molecule has 8 heteroatoms. The smallest absolute Gasteiger partial charge is 0.225 e. The van der Waals surface area contributed by atoms with Crippen molar-refractivity contribution in [2.75, 3.05) is 52.5 Å². The maximum Gasteiger partial charge on any atom is 0.225 e. The second-order valence-corrected chi connectivity index (χ2v) is 8.63. The van der Waals surface area contributed by atoms with Crippen LogP contribution in [0.15, 0.2) is 29.3 Å². The van der Waals surface area contributed by atoms with Crippen molar-refractivity contribution in [1.82, 2.24) is 15.1 Å². The lowest BCUT2D eigenvalue weighted by Gasteiger charge is -2.37. The van der Waals surface area contributed by atoms with Gasteiger partial charge in [0.2, 0.25) is 5.91 Å². The minimum absolute atomic E-state index is 0. The number of amides is 1. The van der Waals surface area contributed by atoms with Gasteiger partial charge in [-0.15, -0.1) is 24.0 Å². The summed E-state index contributed by atoms with van der Waals surface area (Å²) in [6.45, 7) is 7.80. The summed E-state index contributed by atoms with van der Waals surface area (Å²) in [6.07, 6.45) is 3.65. The van der Waals surface area contributed by atoms with E-state index in [-0.39, 0.29) is 47.0 Å². The van der Waals surface area contributed by atoms with Gasteiger partial charge in [-0.2, -0.15) is 0 Å². The summed E-state index contributed by atoms with van der Waals surface area (Å²) in [6, 6.07) is 7.09. The highest BCUT2D eigenvalue weighted by molar-refractivity contribution is 14.0. The van der Waals surface area contributed by atoms with Crippen molar-refractivity contribution < 1.29 is 13.9 Å². The van der Waals surface area contributed by atoms with E-state index in [2.05, 4.69) is 17.1 Å².